The number of ketones is 1. The van der Waals surface area contributed by atoms with Crippen LogP contribution in [0, 0.1) is 23.4 Å². The van der Waals surface area contributed by atoms with Crippen molar-refractivity contribution >= 4 is 11.9 Å². The minimum atomic E-state index is -1.60. The van der Waals surface area contributed by atoms with E-state index >= 15 is 0 Å². The first-order chi connectivity index (χ1) is 12.6. The fourth-order valence-electron chi connectivity index (χ4n) is 3.68. The number of piperidine rings is 1. The third kappa shape index (κ3) is 4.10. The molecule has 8 heteroatoms. The normalized spacial score (nSPS) is 25.3. The van der Waals surface area contributed by atoms with Crippen LogP contribution < -0.4 is 0 Å². The maximum Gasteiger partial charge on any atom is 0.410 e. The molecule has 5 nitrogen and oxygen atoms in total. The van der Waals surface area contributed by atoms with Crippen molar-refractivity contribution in [3.63, 3.8) is 0 Å². The summed E-state index contributed by atoms with van der Waals surface area (Å²) in [6, 6.07) is 0.702. The van der Waals surface area contributed by atoms with E-state index in [0.29, 0.717) is 12.1 Å². The predicted molar refractivity (Wildman–Crippen MR) is 89.8 cm³/mol. The van der Waals surface area contributed by atoms with Crippen molar-refractivity contribution in [3.05, 3.63) is 35.1 Å². The molecule has 1 aromatic rings. The standard InChI is InChI=1S/C19H22F3NO4/c1-19(2,3)27-18(25)23-12-4-10(5-13(23)9-26-8-12)17(24)11-6-14(20)16(22)15(21)7-11/h6-7,10,12-13H,4-5,8-9H2,1-3H3. The molecule has 0 spiro atoms. The quantitative estimate of drug-likeness (QED) is 0.575. The first kappa shape index (κ1) is 19.7. The van der Waals surface area contributed by atoms with Crippen molar-refractivity contribution in [2.75, 3.05) is 13.2 Å². The lowest BCUT2D eigenvalue weighted by Gasteiger charge is -2.47. The van der Waals surface area contributed by atoms with Crippen molar-refractivity contribution in [2.45, 2.75) is 51.3 Å². The molecule has 2 saturated heterocycles. The molecule has 2 aliphatic heterocycles. The highest BCUT2D eigenvalue weighted by molar-refractivity contribution is 5.98. The SMILES string of the molecule is CC(C)(C)OC(=O)N1C2COCC1CC(C(=O)c1cc(F)c(F)c(F)c1)C2. The van der Waals surface area contributed by atoms with Gasteiger partial charge in [-0.2, -0.15) is 0 Å². The van der Waals surface area contributed by atoms with E-state index in [0.717, 1.165) is 0 Å². The maximum absolute atomic E-state index is 13.5. The van der Waals surface area contributed by atoms with Gasteiger partial charge in [0, 0.05) is 11.5 Å². The Kier molecular flexibility index (Phi) is 5.20. The highest BCUT2D eigenvalue weighted by Gasteiger charge is 2.45. The smallest absolute Gasteiger partial charge is 0.410 e. The molecule has 2 heterocycles. The molecule has 2 aliphatic rings. The Bertz CT molecular complexity index is 725. The number of nitrogens with zero attached hydrogens (tertiary/aromatic N) is 1. The number of fused-ring (bicyclic) bond motifs is 2. The van der Waals surface area contributed by atoms with Crippen LogP contribution in [-0.4, -0.2) is 47.7 Å². The zero-order valence-electron chi connectivity index (χ0n) is 15.4. The van der Waals surface area contributed by atoms with Crippen molar-refractivity contribution in [1.29, 1.82) is 0 Å². The molecular formula is C19H22F3NO4. The van der Waals surface area contributed by atoms with Crippen LogP contribution in [0.25, 0.3) is 0 Å². The van der Waals surface area contributed by atoms with E-state index < -0.39 is 40.8 Å². The Hall–Kier alpha value is -2.09. The second-order valence-electron chi connectivity index (χ2n) is 8.02. The molecule has 1 aromatic carbocycles. The molecule has 2 fully saturated rings. The molecule has 148 valence electrons. The van der Waals surface area contributed by atoms with Crippen molar-refractivity contribution < 1.29 is 32.2 Å². The van der Waals surface area contributed by atoms with Gasteiger partial charge in [-0.15, -0.1) is 0 Å². The van der Waals surface area contributed by atoms with E-state index in [1.165, 1.54) is 0 Å². The number of Topliss-reactive ketones (excluding diaryl/α,β-unsaturated/α-hetero) is 1. The Morgan fingerprint density at radius 2 is 1.59 bits per heavy atom. The highest BCUT2D eigenvalue weighted by Crippen LogP contribution is 2.35. The monoisotopic (exact) mass is 385 g/mol. The number of benzene rings is 1. The molecule has 3 rings (SSSR count). The third-order valence-corrected chi connectivity index (χ3v) is 4.76. The molecule has 0 saturated carbocycles. The lowest BCUT2D eigenvalue weighted by Crippen LogP contribution is -2.60. The molecule has 27 heavy (non-hydrogen) atoms. The summed E-state index contributed by atoms with van der Waals surface area (Å²) >= 11 is 0. The van der Waals surface area contributed by atoms with E-state index in [1.807, 2.05) is 0 Å². The first-order valence-corrected chi connectivity index (χ1v) is 8.84. The summed E-state index contributed by atoms with van der Waals surface area (Å²) in [6.07, 6.45) is 0.107. The summed E-state index contributed by atoms with van der Waals surface area (Å²) in [5.74, 6) is -5.39. The van der Waals surface area contributed by atoms with Crippen molar-refractivity contribution in [2.24, 2.45) is 5.92 Å². The predicted octanol–water partition coefficient (Wildman–Crippen LogP) is 3.70. The lowest BCUT2D eigenvalue weighted by molar-refractivity contribution is -0.0861. The van der Waals surface area contributed by atoms with Crippen LogP contribution in [0.15, 0.2) is 12.1 Å². The Balaban J connectivity index is 1.78. The van der Waals surface area contributed by atoms with Gasteiger partial charge in [-0.3, -0.25) is 9.69 Å². The molecule has 0 aromatic heterocycles. The summed E-state index contributed by atoms with van der Waals surface area (Å²) in [5, 5.41) is 0. The molecule has 2 unspecified atom stereocenters. The van der Waals surface area contributed by atoms with E-state index in [1.54, 1.807) is 25.7 Å². The Morgan fingerprint density at radius 1 is 1.07 bits per heavy atom. The van der Waals surface area contributed by atoms with Gasteiger partial charge in [0.15, 0.2) is 23.2 Å². The fourth-order valence-corrected chi connectivity index (χ4v) is 3.68. The van der Waals surface area contributed by atoms with Gasteiger partial charge >= 0.3 is 6.09 Å². The van der Waals surface area contributed by atoms with Gasteiger partial charge < -0.3 is 9.47 Å². The number of halogens is 3. The summed E-state index contributed by atoms with van der Waals surface area (Å²) in [5.41, 5.74) is -0.858. The number of amides is 1. The van der Waals surface area contributed by atoms with Gasteiger partial charge in [-0.1, -0.05) is 0 Å². The maximum atomic E-state index is 13.5. The van der Waals surface area contributed by atoms with Gasteiger partial charge in [-0.25, -0.2) is 18.0 Å². The molecule has 0 radical (unpaired) electrons. The molecule has 0 aliphatic carbocycles. The zero-order chi connectivity index (χ0) is 19.9. The minimum Gasteiger partial charge on any atom is -0.444 e. The van der Waals surface area contributed by atoms with Crippen LogP contribution in [0.1, 0.15) is 44.0 Å². The number of hydrogen-bond donors (Lipinski definition) is 0. The number of carbonyl (C=O) groups excluding carboxylic acids is 2. The van der Waals surface area contributed by atoms with Crippen LogP contribution in [0.5, 0.6) is 0 Å². The van der Waals surface area contributed by atoms with Gasteiger partial charge in [0.05, 0.1) is 25.3 Å². The average molecular weight is 385 g/mol. The van der Waals surface area contributed by atoms with Gasteiger partial charge in [0.2, 0.25) is 0 Å². The largest absolute Gasteiger partial charge is 0.444 e. The summed E-state index contributed by atoms with van der Waals surface area (Å²) in [6.45, 7) is 5.82. The second-order valence-corrected chi connectivity index (χ2v) is 8.02. The topological polar surface area (TPSA) is 55.8 Å². The van der Waals surface area contributed by atoms with Crippen LogP contribution in [0.2, 0.25) is 0 Å². The van der Waals surface area contributed by atoms with E-state index in [4.69, 9.17) is 9.47 Å². The molecule has 2 atom stereocenters. The third-order valence-electron chi connectivity index (χ3n) is 4.76. The molecule has 1 amide bonds. The summed E-state index contributed by atoms with van der Waals surface area (Å²) in [4.78, 5) is 26.8. The Labute approximate surface area is 155 Å². The number of carbonyl (C=O) groups is 2. The number of ether oxygens (including phenoxy) is 2. The van der Waals surface area contributed by atoms with E-state index in [-0.39, 0.29) is 43.7 Å². The number of hydrogen-bond acceptors (Lipinski definition) is 4. The van der Waals surface area contributed by atoms with Crippen LogP contribution in [0.3, 0.4) is 0 Å². The molecular weight excluding hydrogens is 363 g/mol. The minimum absolute atomic E-state index is 0.207. The van der Waals surface area contributed by atoms with Crippen molar-refractivity contribution in [3.8, 4) is 0 Å². The summed E-state index contributed by atoms with van der Waals surface area (Å²) < 4.78 is 51.0. The van der Waals surface area contributed by atoms with Gasteiger partial charge in [0.25, 0.3) is 0 Å². The summed E-state index contributed by atoms with van der Waals surface area (Å²) in [7, 11) is 0. The highest BCUT2D eigenvalue weighted by atomic mass is 19.2. The van der Waals surface area contributed by atoms with E-state index in [9.17, 15) is 22.8 Å². The van der Waals surface area contributed by atoms with Crippen LogP contribution in [-0.2, 0) is 9.47 Å². The van der Waals surface area contributed by atoms with Gasteiger partial charge in [0.1, 0.15) is 5.60 Å². The Morgan fingerprint density at radius 3 is 2.07 bits per heavy atom. The first-order valence-electron chi connectivity index (χ1n) is 8.84. The van der Waals surface area contributed by atoms with Crippen molar-refractivity contribution in [1.82, 2.24) is 4.90 Å². The fraction of sp³-hybridized carbons (Fsp3) is 0.579. The average Bonchev–Trinajstić information content (AvgIpc) is 2.55. The van der Waals surface area contributed by atoms with E-state index in [2.05, 4.69) is 0 Å². The van der Waals surface area contributed by atoms with Crippen LogP contribution >= 0.6 is 0 Å². The lowest BCUT2D eigenvalue weighted by atomic mass is 9.81. The zero-order valence-corrected chi connectivity index (χ0v) is 15.4. The number of rotatable bonds is 2. The second kappa shape index (κ2) is 7.14. The molecule has 2 bridgehead atoms. The molecule has 0 N–H and O–H groups in total. The van der Waals surface area contributed by atoms with Crippen LogP contribution in [0.4, 0.5) is 18.0 Å². The number of morpholine rings is 1. The van der Waals surface area contributed by atoms with Gasteiger partial charge in [-0.05, 0) is 45.7 Å².